The summed E-state index contributed by atoms with van der Waals surface area (Å²) in [5.74, 6) is -1.04. The Hall–Kier alpha value is -2.25. The summed E-state index contributed by atoms with van der Waals surface area (Å²) < 4.78 is 0. The third kappa shape index (κ3) is 3.90. The van der Waals surface area contributed by atoms with Gasteiger partial charge in [-0.2, -0.15) is 0 Å². The van der Waals surface area contributed by atoms with Gasteiger partial charge in [0.1, 0.15) is 6.04 Å². The van der Waals surface area contributed by atoms with E-state index in [-0.39, 0.29) is 24.7 Å². The van der Waals surface area contributed by atoms with Gasteiger partial charge in [0, 0.05) is 6.42 Å². The molecule has 118 valence electrons. The van der Waals surface area contributed by atoms with Gasteiger partial charge >= 0.3 is 0 Å². The summed E-state index contributed by atoms with van der Waals surface area (Å²) in [5, 5.41) is 9.11. The molecule has 1 aromatic rings. The smallest absolute Gasteiger partial charge is 0.253 e. The summed E-state index contributed by atoms with van der Waals surface area (Å²) in [4.78, 5) is 36.9. The SMILES string of the molecule is C[C@H](O)CCC(=O)NN[C@@H]1CC(=O)N(c2ccccc2)C1=O. The average Bonchev–Trinajstić information content (AvgIpc) is 2.78. The number of aliphatic hydroxyl groups excluding tert-OH is 1. The Labute approximate surface area is 128 Å². The summed E-state index contributed by atoms with van der Waals surface area (Å²) >= 11 is 0. The molecule has 0 spiro atoms. The minimum atomic E-state index is -0.775. The Morgan fingerprint density at radius 3 is 2.68 bits per heavy atom. The number of carbonyl (C=O) groups is 3. The number of benzene rings is 1. The third-order valence-electron chi connectivity index (χ3n) is 3.34. The van der Waals surface area contributed by atoms with Gasteiger partial charge in [0.05, 0.1) is 18.2 Å². The lowest BCUT2D eigenvalue weighted by atomic mass is 10.2. The first-order valence-corrected chi connectivity index (χ1v) is 7.13. The molecule has 0 unspecified atom stereocenters. The molecule has 22 heavy (non-hydrogen) atoms. The zero-order valence-electron chi connectivity index (χ0n) is 12.3. The first-order valence-electron chi connectivity index (χ1n) is 7.13. The molecule has 0 radical (unpaired) electrons. The first kappa shape index (κ1) is 16.1. The standard InChI is InChI=1S/C15H19N3O4/c1-10(19)7-8-13(20)17-16-12-9-14(21)18(15(12)22)11-5-3-2-4-6-11/h2-6,10,12,16,19H,7-9H2,1H3,(H,17,20)/t10-,12+/m0/s1. The number of amides is 3. The average molecular weight is 305 g/mol. The monoisotopic (exact) mass is 305 g/mol. The van der Waals surface area contributed by atoms with Crippen LogP contribution in [-0.2, 0) is 14.4 Å². The summed E-state index contributed by atoms with van der Waals surface area (Å²) in [7, 11) is 0. The van der Waals surface area contributed by atoms with Crippen LogP contribution < -0.4 is 15.8 Å². The van der Waals surface area contributed by atoms with Crippen molar-refractivity contribution in [2.24, 2.45) is 0 Å². The highest BCUT2D eigenvalue weighted by Crippen LogP contribution is 2.21. The molecule has 2 rings (SSSR count). The number of rotatable bonds is 6. The van der Waals surface area contributed by atoms with E-state index in [1.54, 1.807) is 37.3 Å². The highest BCUT2D eigenvalue weighted by molar-refractivity contribution is 6.22. The Kier molecular flexibility index (Phi) is 5.24. The quantitative estimate of drug-likeness (QED) is 0.511. The van der Waals surface area contributed by atoms with Gasteiger partial charge in [0.15, 0.2) is 0 Å². The van der Waals surface area contributed by atoms with Gasteiger partial charge in [-0.3, -0.25) is 19.8 Å². The Balaban J connectivity index is 1.91. The number of hydrazine groups is 1. The lowest BCUT2D eigenvalue weighted by Gasteiger charge is -2.15. The molecule has 0 saturated carbocycles. The maximum Gasteiger partial charge on any atom is 0.253 e. The second kappa shape index (κ2) is 7.15. The van der Waals surface area contributed by atoms with Crippen LogP contribution in [0, 0.1) is 0 Å². The molecule has 1 fully saturated rings. The molecule has 1 aliphatic heterocycles. The molecule has 1 aliphatic rings. The van der Waals surface area contributed by atoms with Crippen LogP contribution in [0.3, 0.4) is 0 Å². The molecule has 7 heteroatoms. The molecular weight excluding hydrogens is 286 g/mol. The van der Waals surface area contributed by atoms with Gasteiger partial charge < -0.3 is 5.11 Å². The zero-order valence-corrected chi connectivity index (χ0v) is 12.3. The summed E-state index contributed by atoms with van der Waals surface area (Å²) in [5.41, 5.74) is 5.51. The van der Waals surface area contributed by atoms with E-state index in [2.05, 4.69) is 10.9 Å². The Morgan fingerprint density at radius 1 is 1.36 bits per heavy atom. The van der Waals surface area contributed by atoms with Gasteiger partial charge in [-0.1, -0.05) is 18.2 Å². The first-order chi connectivity index (χ1) is 10.5. The minimum absolute atomic E-state index is 0.00951. The van der Waals surface area contributed by atoms with Crippen LogP contribution in [0.1, 0.15) is 26.2 Å². The second-order valence-electron chi connectivity index (χ2n) is 5.24. The van der Waals surface area contributed by atoms with Crippen molar-refractivity contribution in [3.05, 3.63) is 30.3 Å². The minimum Gasteiger partial charge on any atom is -0.393 e. The van der Waals surface area contributed by atoms with Crippen molar-refractivity contribution in [3.63, 3.8) is 0 Å². The van der Waals surface area contributed by atoms with Crippen molar-refractivity contribution in [2.45, 2.75) is 38.3 Å². The molecule has 0 bridgehead atoms. The van der Waals surface area contributed by atoms with Crippen LogP contribution in [0.5, 0.6) is 0 Å². The van der Waals surface area contributed by atoms with Crippen LogP contribution >= 0.6 is 0 Å². The normalized spacial score (nSPS) is 19.4. The predicted octanol–water partition coefficient (Wildman–Crippen LogP) is 0.100. The van der Waals surface area contributed by atoms with E-state index in [0.717, 1.165) is 4.90 Å². The fourth-order valence-electron chi connectivity index (χ4n) is 2.16. The van der Waals surface area contributed by atoms with Gasteiger partial charge in [-0.25, -0.2) is 10.3 Å². The van der Waals surface area contributed by atoms with Crippen molar-refractivity contribution in [1.29, 1.82) is 0 Å². The number of hydrogen-bond donors (Lipinski definition) is 3. The molecule has 2 atom stereocenters. The largest absolute Gasteiger partial charge is 0.393 e. The molecule has 3 amide bonds. The number of para-hydroxylation sites is 1. The second-order valence-corrected chi connectivity index (χ2v) is 5.24. The third-order valence-corrected chi connectivity index (χ3v) is 3.34. The number of carbonyl (C=O) groups excluding carboxylic acids is 3. The van der Waals surface area contributed by atoms with Gasteiger partial charge in [0.2, 0.25) is 11.8 Å². The number of nitrogens with one attached hydrogen (secondary N) is 2. The van der Waals surface area contributed by atoms with E-state index in [4.69, 9.17) is 5.11 Å². The maximum atomic E-state index is 12.2. The molecule has 1 heterocycles. The van der Waals surface area contributed by atoms with Crippen LogP contribution in [0.25, 0.3) is 0 Å². The van der Waals surface area contributed by atoms with Crippen LogP contribution in [0.2, 0.25) is 0 Å². The number of nitrogens with zero attached hydrogens (tertiary/aromatic N) is 1. The Morgan fingerprint density at radius 2 is 2.05 bits per heavy atom. The van der Waals surface area contributed by atoms with Gasteiger partial charge in [-0.05, 0) is 25.5 Å². The molecule has 1 saturated heterocycles. The number of hydrogen-bond acceptors (Lipinski definition) is 5. The topological polar surface area (TPSA) is 98.7 Å². The summed E-state index contributed by atoms with van der Waals surface area (Å²) in [6.07, 6.45) is -0.0953. The van der Waals surface area contributed by atoms with Gasteiger partial charge in [-0.15, -0.1) is 0 Å². The van der Waals surface area contributed by atoms with Crippen molar-refractivity contribution in [1.82, 2.24) is 10.9 Å². The van der Waals surface area contributed by atoms with Crippen molar-refractivity contribution in [2.75, 3.05) is 4.90 Å². The Bertz CT molecular complexity index is 559. The van der Waals surface area contributed by atoms with E-state index in [0.29, 0.717) is 12.1 Å². The molecule has 0 aliphatic carbocycles. The fraction of sp³-hybridized carbons (Fsp3) is 0.400. The summed E-state index contributed by atoms with van der Waals surface area (Å²) in [6.45, 7) is 1.59. The van der Waals surface area contributed by atoms with Crippen molar-refractivity contribution in [3.8, 4) is 0 Å². The zero-order chi connectivity index (χ0) is 16.1. The van der Waals surface area contributed by atoms with E-state index < -0.39 is 18.1 Å². The van der Waals surface area contributed by atoms with Crippen LogP contribution in [0.15, 0.2) is 30.3 Å². The maximum absolute atomic E-state index is 12.2. The van der Waals surface area contributed by atoms with E-state index in [1.807, 2.05) is 0 Å². The van der Waals surface area contributed by atoms with E-state index in [1.165, 1.54) is 0 Å². The number of imide groups is 1. The highest BCUT2D eigenvalue weighted by Gasteiger charge is 2.39. The van der Waals surface area contributed by atoms with E-state index in [9.17, 15) is 14.4 Å². The van der Waals surface area contributed by atoms with Gasteiger partial charge in [0.25, 0.3) is 5.91 Å². The lowest BCUT2D eigenvalue weighted by molar-refractivity contribution is -0.123. The molecule has 3 N–H and O–H groups in total. The van der Waals surface area contributed by atoms with Crippen LogP contribution in [0.4, 0.5) is 5.69 Å². The number of anilines is 1. The lowest BCUT2D eigenvalue weighted by Crippen LogP contribution is -2.48. The van der Waals surface area contributed by atoms with Crippen molar-refractivity contribution < 1.29 is 19.5 Å². The molecular formula is C15H19N3O4. The van der Waals surface area contributed by atoms with Crippen molar-refractivity contribution >= 4 is 23.4 Å². The molecule has 1 aromatic carbocycles. The molecule has 7 nitrogen and oxygen atoms in total. The summed E-state index contributed by atoms with van der Waals surface area (Å²) in [6, 6.07) is 7.87. The van der Waals surface area contributed by atoms with E-state index >= 15 is 0 Å². The number of aliphatic hydroxyl groups is 1. The van der Waals surface area contributed by atoms with Crippen LogP contribution in [-0.4, -0.2) is 35.0 Å². The predicted molar refractivity (Wildman–Crippen MR) is 79.5 cm³/mol. The highest BCUT2D eigenvalue weighted by atomic mass is 16.3. The molecule has 0 aromatic heterocycles. The fourth-order valence-corrected chi connectivity index (χ4v) is 2.16.